The summed E-state index contributed by atoms with van der Waals surface area (Å²) in [5, 5.41) is 11.8. The number of ether oxygens (including phenoxy) is 1. The summed E-state index contributed by atoms with van der Waals surface area (Å²) in [6.07, 6.45) is 11.2. The highest BCUT2D eigenvalue weighted by atomic mass is 16.5. The highest BCUT2D eigenvalue weighted by molar-refractivity contribution is 6.02. The van der Waals surface area contributed by atoms with Gasteiger partial charge in [-0.1, -0.05) is 38.1 Å². The number of amides is 1. The Hall–Kier alpha value is -5.16. The lowest BCUT2D eigenvalue weighted by Crippen LogP contribution is -2.32. The van der Waals surface area contributed by atoms with Crippen molar-refractivity contribution in [2.75, 3.05) is 56.4 Å². The van der Waals surface area contributed by atoms with Crippen molar-refractivity contribution in [1.29, 1.82) is 0 Å². The molecule has 0 bridgehead atoms. The first kappa shape index (κ1) is 32.2. The Kier molecular flexibility index (Phi) is 10.0. The number of unbranched alkanes of at least 4 members (excludes halogenated alkanes) is 1. The molecule has 5 aromatic rings. The molecule has 5 rings (SSSR count). The molecule has 46 heavy (non-hydrogen) atoms. The fraction of sp³-hybridized carbons (Fsp3) is 0.314. The molecule has 2 N–H and O–H groups in total. The van der Waals surface area contributed by atoms with E-state index in [1.54, 1.807) is 11.8 Å². The van der Waals surface area contributed by atoms with Gasteiger partial charge in [-0.3, -0.25) is 9.48 Å². The van der Waals surface area contributed by atoms with Crippen LogP contribution in [0.25, 0.3) is 33.3 Å². The maximum absolute atomic E-state index is 12.5. The van der Waals surface area contributed by atoms with Gasteiger partial charge >= 0.3 is 0 Å². The molecular weight excluding hydrogens is 578 g/mol. The molecular formula is C35H43N9O2. The number of anilines is 4. The molecule has 0 aliphatic carbocycles. The van der Waals surface area contributed by atoms with Crippen LogP contribution in [0.5, 0.6) is 5.75 Å². The van der Waals surface area contributed by atoms with E-state index in [1.807, 2.05) is 64.0 Å². The molecule has 0 spiro atoms. The number of benzene rings is 2. The van der Waals surface area contributed by atoms with E-state index in [1.165, 1.54) is 6.08 Å². The maximum Gasteiger partial charge on any atom is 0.247 e. The Bertz CT molecular complexity index is 1840. The van der Waals surface area contributed by atoms with Gasteiger partial charge in [-0.25, -0.2) is 9.97 Å². The van der Waals surface area contributed by atoms with Gasteiger partial charge in [0.2, 0.25) is 11.9 Å². The van der Waals surface area contributed by atoms with E-state index in [2.05, 4.69) is 69.0 Å². The minimum atomic E-state index is -0.304. The summed E-state index contributed by atoms with van der Waals surface area (Å²) in [4.78, 5) is 26.7. The third-order valence-electron chi connectivity index (χ3n) is 8.09. The van der Waals surface area contributed by atoms with Crippen molar-refractivity contribution >= 4 is 39.8 Å². The molecule has 0 fully saturated rings. The molecule has 0 aliphatic rings. The lowest BCUT2D eigenvalue weighted by Gasteiger charge is -2.27. The lowest BCUT2D eigenvalue weighted by molar-refractivity contribution is -0.111. The van der Waals surface area contributed by atoms with Gasteiger partial charge in [-0.05, 0) is 38.2 Å². The van der Waals surface area contributed by atoms with Crippen LogP contribution in [0.1, 0.15) is 19.8 Å². The lowest BCUT2D eigenvalue weighted by atomic mass is 10.0. The monoisotopic (exact) mass is 621 g/mol. The van der Waals surface area contributed by atoms with Crippen molar-refractivity contribution in [3.63, 3.8) is 0 Å². The van der Waals surface area contributed by atoms with Crippen molar-refractivity contribution in [3.05, 3.63) is 73.8 Å². The largest absolute Gasteiger partial charge is 0.494 e. The van der Waals surface area contributed by atoms with Crippen LogP contribution in [0.3, 0.4) is 0 Å². The molecule has 1 amide bonds. The van der Waals surface area contributed by atoms with E-state index < -0.39 is 0 Å². The first-order chi connectivity index (χ1) is 22.2. The molecule has 0 saturated heterocycles. The number of hydrogen-bond acceptors (Lipinski definition) is 8. The van der Waals surface area contributed by atoms with Gasteiger partial charge in [0.15, 0.2) is 0 Å². The van der Waals surface area contributed by atoms with E-state index in [-0.39, 0.29) is 5.91 Å². The first-order valence-electron chi connectivity index (χ1n) is 15.4. The number of aryl methyl sites for hydroxylation is 2. The third kappa shape index (κ3) is 7.05. The van der Waals surface area contributed by atoms with E-state index >= 15 is 0 Å². The normalized spacial score (nSPS) is 11.2. The number of nitrogens with zero attached hydrogens (tertiary/aromatic N) is 7. The Morgan fingerprint density at radius 1 is 1.04 bits per heavy atom. The zero-order valence-corrected chi connectivity index (χ0v) is 27.5. The van der Waals surface area contributed by atoms with Gasteiger partial charge in [-0.2, -0.15) is 5.10 Å². The number of carbonyl (C=O) groups is 1. The Labute approximate surface area is 270 Å². The van der Waals surface area contributed by atoms with Gasteiger partial charge in [0.1, 0.15) is 5.75 Å². The average molecular weight is 622 g/mol. The predicted molar refractivity (Wildman–Crippen MR) is 187 cm³/mol. The Morgan fingerprint density at radius 2 is 1.85 bits per heavy atom. The van der Waals surface area contributed by atoms with Crippen molar-refractivity contribution in [2.24, 2.45) is 14.1 Å². The van der Waals surface area contributed by atoms with Crippen molar-refractivity contribution in [2.45, 2.75) is 19.8 Å². The standard InChI is InChI=1S/C35H43N9O2/c1-8-10-15-41(3)16-17-42(4)31-19-32(46-7)29(18-28(31)38-33(45)9-2)39-35-36-21-26(24-20-37-44(6)22-24)34(40-35)27-23-43(5)30-14-12-11-13-25(27)30/h9,11-14,18-23H,2,8,10,15-17H2,1,3-7H3,(H,38,45)(H,36,39,40). The van der Waals surface area contributed by atoms with Crippen LogP contribution in [0.4, 0.5) is 23.0 Å². The van der Waals surface area contributed by atoms with Gasteiger partial charge < -0.3 is 29.7 Å². The minimum absolute atomic E-state index is 0.304. The number of hydrogen-bond donors (Lipinski definition) is 2. The van der Waals surface area contributed by atoms with Crippen LogP contribution in [0, 0.1) is 0 Å². The zero-order chi connectivity index (χ0) is 32.8. The second kappa shape index (κ2) is 14.3. The highest BCUT2D eigenvalue weighted by Crippen LogP contribution is 2.40. The van der Waals surface area contributed by atoms with Gasteiger partial charge in [0, 0.05) is 86.5 Å². The fourth-order valence-electron chi connectivity index (χ4n) is 5.49. The molecule has 3 heterocycles. The summed E-state index contributed by atoms with van der Waals surface area (Å²) in [5.41, 5.74) is 6.68. The first-order valence-corrected chi connectivity index (χ1v) is 15.4. The summed E-state index contributed by atoms with van der Waals surface area (Å²) in [6.45, 7) is 8.51. The fourth-order valence-corrected chi connectivity index (χ4v) is 5.49. The van der Waals surface area contributed by atoms with E-state index in [0.717, 1.165) is 71.5 Å². The number of fused-ring (bicyclic) bond motifs is 1. The quantitative estimate of drug-likeness (QED) is 0.144. The number of rotatable bonds is 14. The van der Waals surface area contributed by atoms with E-state index in [0.29, 0.717) is 23.1 Å². The second-order valence-electron chi connectivity index (χ2n) is 11.5. The number of aromatic nitrogens is 5. The molecule has 0 radical (unpaired) electrons. The summed E-state index contributed by atoms with van der Waals surface area (Å²) >= 11 is 0. The summed E-state index contributed by atoms with van der Waals surface area (Å²) in [5.74, 6) is 0.666. The molecule has 0 saturated carbocycles. The molecule has 0 atom stereocenters. The molecule has 3 aromatic heterocycles. The van der Waals surface area contributed by atoms with Crippen molar-refractivity contribution < 1.29 is 9.53 Å². The van der Waals surface area contributed by atoms with Crippen molar-refractivity contribution in [1.82, 2.24) is 29.2 Å². The zero-order valence-electron chi connectivity index (χ0n) is 27.5. The number of methoxy groups -OCH3 is 1. The summed E-state index contributed by atoms with van der Waals surface area (Å²) in [6, 6.07) is 12.0. The smallest absolute Gasteiger partial charge is 0.247 e. The third-order valence-corrected chi connectivity index (χ3v) is 8.09. The van der Waals surface area contributed by atoms with Crippen LogP contribution in [0.15, 0.2) is 73.8 Å². The number of nitrogens with one attached hydrogen (secondary N) is 2. The average Bonchev–Trinajstić information content (AvgIpc) is 3.65. The SMILES string of the molecule is C=CC(=O)Nc1cc(Nc2ncc(-c3cnn(C)c3)c(-c3cn(C)c4ccccc34)n2)c(OC)cc1N(C)CCN(C)CCCC. The van der Waals surface area contributed by atoms with Gasteiger partial charge in [-0.15, -0.1) is 0 Å². The highest BCUT2D eigenvalue weighted by Gasteiger charge is 2.20. The maximum atomic E-state index is 12.5. The van der Waals surface area contributed by atoms with Gasteiger partial charge in [0.25, 0.3) is 0 Å². The van der Waals surface area contributed by atoms with Crippen molar-refractivity contribution in [3.8, 4) is 28.1 Å². The molecule has 240 valence electrons. The van der Waals surface area contributed by atoms with Crippen LogP contribution in [0.2, 0.25) is 0 Å². The Morgan fingerprint density at radius 3 is 2.57 bits per heavy atom. The van der Waals surface area contributed by atoms with Gasteiger partial charge in [0.05, 0.1) is 36.1 Å². The predicted octanol–water partition coefficient (Wildman–Crippen LogP) is 6.08. The van der Waals surface area contributed by atoms with E-state index in [9.17, 15) is 4.79 Å². The molecule has 0 aliphatic heterocycles. The molecule has 11 heteroatoms. The number of para-hydroxylation sites is 1. The van der Waals surface area contributed by atoms with Crippen LogP contribution < -0.4 is 20.3 Å². The second-order valence-corrected chi connectivity index (χ2v) is 11.5. The summed E-state index contributed by atoms with van der Waals surface area (Å²) < 4.78 is 9.71. The van der Waals surface area contributed by atoms with Crippen LogP contribution in [-0.4, -0.2) is 76.0 Å². The van der Waals surface area contributed by atoms with Crippen LogP contribution >= 0.6 is 0 Å². The number of likely N-dealkylation sites (N-methyl/N-ethyl adjacent to an activating group) is 2. The van der Waals surface area contributed by atoms with Crippen LogP contribution in [-0.2, 0) is 18.9 Å². The molecule has 0 unspecified atom stereocenters. The topological polar surface area (TPSA) is 105 Å². The Balaban J connectivity index is 1.54. The summed E-state index contributed by atoms with van der Waals surface area (Å²) in [7, 11) is 9.68. The molecule has 11 nitrogen and oxygen atoms in total. The molecule has 2 aromatic carbocycles. The number of carbonyl (C=O) groups excluding carboxylic acids is 1. The van der Waals surface area contributed by atoms with E-state index in [4.69, 9.17) is 14.7 Å². The minimum Gasteiger partial charge on any atom is -0.494 e.